The van der Waals surface area contributed by atoms with Gasteiger partial charge < -0.3 is 19.5 Å². The Balaban J connectivity index is 1.31. The molecule has 0 amide bonds. The maximum atomic E-state index is 5.44. The standard InChI is InChI=1S/C26H27N5O/c1-30-16-21-15-19(25-6-7-26(29-28-25)31-10-12-32-13-11-31)2-4-22(21)23(17-30)18-3-5-24-20(14-18)8-9-27-24/h2-9,14-15,23,27H,10-13,16-17H2,1H3. The topological polar surface area (TPSA) is 57.3 Å². The molecule has 1 unspecified atom stereocenters. The molecule has 32 heavy (non-hydrogen) atoms. The van der Waals surface area contributed by atoms with Gasteiger partial charge in [0.05, 0.1) is 18.9 Å². The zero-order chi connectivity index (χ0) is 21.5. The third-order valence-corrected chi connectivity index (χ3v) is 6.71. The summed E-state index contributed by atoms with van der Waals surface area (Å²) in [5.74, 6) is 1.29. The predicted molar refractivity (Wildman–Crippen MR) is 127 cm³/mol. The maximum absolute atomic E-state index is 5.44. The molecule has 2 aliphatic heterocycles. The number of likely N-dealkylation sites (N-methyl/N-ethyl adjacent to an activating group) is 1. The van der Waals surface area contributed by atoms with E-state index in [9.17, 15) is 0 Å². The van der Waals surface area contributed by atoms with Crippen LogP contribution in [0.1, 0.15) is 22.6 Å². The SMILES string of the molecule is CN1Cc2cc(-c3ccc(N4CCOCC4)nn3)ccc2C(c2ccc3[nH]ccc3c2)C1. The van der Waals surface area contributed by atoms with Crippen molar-refractivity contribution in [2.45, 2.75) is 12.5 Å². The Morgan fingerprint density at radius 2 is 1.88 bits per heavy atom. The Kier molecular flexibility index (Phi) is 4.89. The van der Waals surface area contributed by atoms with Gasteiger partial charge in [0.15, 0.2) is 5.82 Å². The number of fused-ring (bicyclic) bond motifs is 2. The summed E-state index contributed by atoms with van der Waals surface area (Å²) in [5, 5.41) is 10.3. The Morgan fingerprint density at radius 3 is 2.72 bits per heavy atom. The van der Waals surface area contributed by atoms with E-state index in [0.29, 0.717) is 5.92 Å². The van der Waals surface area contributed by atoms with Gasteiger partial charge in [0.2, 0.25) is 0 Å². The van der Waals surface area contributed by atoms with E-state index in [1.807, 2.05) is 6.20 Å². The first-order chi connectivity index (χ1) is 15.7. The molecule has 0 aliphatic carbocycles. The molecular weight excluding hydrogens is 398 g/mol. The van der Waals surface area contributed by atoms with Gasteiger partial charge in [0.25, 0.3) is 0 Å². The van der Waals surface area contributed by atoms with Crippen molar-refractivity contribution in [1.82, 2.24) is 20.1 Å². The largest absolute Gasteiger partial charge is 0.378 e. The summed E-state index contributed by atoms with van der Waals surface area (Å²) in [6.07, 6.45) is 2.01. The van der Waals surface area contributed by atoms with Crippen molar-refractivity contribution < 1.29 is 4.74 Å². The van der Waals surface area contributed by atoms with Crippen LogP contribution < -0.4 is 4.90 Å². The Morgan fingerprint density at radius 1 is 0.969 bits per heavy atom. The lowest BCUT2D eigenvalue weighted by molar-refractivity contribution is 0.122. The lowest BCUT2D eigenvalue weighted by atomic mass is 9.83. The minimum atomic E-state index is 0.367. The van der Waals surface area contributed by atoms with Gasteiger partial charge in [-0.05, 0) is 65.5 Å². The highest BCUT2D eigenvalue weighted by molar-refractivity contribution is 5.80. The lowest BCUT2D eigenvalue weighted by Crippen LogP contribution is -2.36. The molecule has 4 heterocycles. The summed E-state index contributed by atoms with van der Waals surface area (Å²) in [7, 11) is 2.20. The molecule has 6 rings (SSSR count). The molecule has 2 aromatic heterocycles. The number of nitrogens with zero attached hydrogens (tertiary/aromatic N) is 4. The van der Waals surface area contributed by atoms with Gasteiger partial charge in [-0.2, -0.15) is 0 Å². The van der Waals surface area contributed by atoms with E-state index in [0.717, 1.165) is 56.5 Å². The van der Waals surface area contributed by atoms with E-state index in [2.05, 4.69) is 86.6 Å². The van der Waals surface area contributed by atoms with E-state index in [4.69, 9.17) is 4.74 Å². The average molecular weight is 426 g/mol. The number of aromatic nitrogens is 3. The van der Waals surface area contributed by atoms with Gasteiger partial charge in [-0.15, -0.1) is 10.2 Å². The fourth-order valence-corrected chi connectivity index (χ4v) is 5.02. The van der Waals surface area contributed by atoms with Crippen molar-refractivity contribution >= 4 is 16.7 Å². The molecule has 2 aromatic carbocycles. The van der Waals surface area contributed by atoms with Crippen molar-refractivity contribution in [2.24, 2.45) is 0 Å². The minimum absolute atomic E-state index is 0.367. The van der Waals surface area contributed by atoms with E-state index >= 15 is 0 Å². The number of benzene rings is 2. The van der Waals surface area contributed by atoms with Crippen LogP contribution in [-0.2, 0) is 11.3 Å². The zero-order valence-electron chi connectivity index (χ0n) is 18.3. The molecule has 0 radical (unpaired) electrons. The minimum Gasteiger partial charge on any atom is -0.378 e. The second-order valence-corrected chi connectivity index (χ2v) is 8.86. The number of nitrogens with one attached hydrogen (secondary N) is 1. The lowest BCUT2D eigenvalue weighted by Gasteiger charge is -2.33. The summed E-state index contributed by atoms with van der Waals surface area (Å²) >= 11 is 0. The molecule has 1 fully saturated rings. The van der Waals surface area contributed by atoms with E-state index in [-0.39, 0.29) is 0 Å². The van der Waals surface area contributed by atoms with Crippen LogP contribution in [0, 0.1) is 0 Å². The van der Waals surface area contributed by atoms with Gasteiger partial charge in [0, 0.05) is 49.4 Å². The Labute approximate surface area is 187 Å². The van der Waals surface area contributed by atoms with Crippen LogP contribution in [0.25, 0.3) is 22.2 Å². The average Bonchev–Trinajstić information content (AvgIpc) is 3.32. The number of hydrogen-bond donors (Lipinski definition) is 1. The van der Waals surface area contributed by atoms with Crippen LogP contribution >= 0.6 is 0 Å². The summed E-state index contributed by atoms with van der Waals surface area (Å²) in [5.41, 5.74) is 7.39. The molecule has 1 N–H and O–H groups in total. The second kappa shape index (κ2) is 8.04. The number of hydrogen-bond acceptors (Lipinski definition) is 5. The first kappa shape index (κ1) is 19.5. The van der Waals surface area contributed by atoms with E-state index in [1.165, 1.54) is 27.6 Å². The van der Waals surface area contributed by atoms with Gasteiger partial charge in [0.1, 0.15) is 0 Å². The summed E-state index contributed by atoms with van der Waals surface area (Å²) in [4.78, 5) is 7.93. The van der Waals surface area contributed by atoms with Crippen molar-refractivity contribution in [3.05, 3.63) is 77.5 Å². The number of rotatable bonds is 3. The molecule has 162 valence electrons. The van der Waals surface area contributed by atoms with E-state index < -0.39 is 0 Å². The monoisotopic (exact) mass is 425 g/mol. The van der Waals surface area contributed by atoms with E-state index in [1.54, 1.807) is 0 Å². The maximum Gasteiger partial charge on any atom is 0.151 e. The molecule has 0 saturated carbocycles. The molecular formula is C26H27N5O. The van der Waals surface area contributed by atoms with Gasteiger partial charge >= 0.3 is 0 Å². The van der Waals surface area contributed by atoms with Crippen molar-refractivity contribution in [2.75, 3.05) is 44.8 Å². The zero-order valence-corrected chi connectivity index (χ0v) is 18.3. The van der Waals surface area contributed by atoms with Crippen molar-refractivity contribution in [3.8, 4) is 11.3 Å². The third-order valence-electron chi connectivity index (χ3n) is 6.71. The highest BCUT2D eigenvalue weighted by atomic mass is 16.5. The van der Waals surface area contributed by atoms with Crippen molar-refractivity contribution in [1.29, 1.82) is 0 Å². The predicted octanol–water partition coefficient (Wildman–Crippen LogP) is 4.04. The van der Waals surface area contributed by atoms with Crippen LogP contribution in [0.2, 0.25) is 0 Å². The molecule has 6 heteroatoms. The van der Waals surface area contributed by atoms with Crippen LogP contribution in [0.5, 0.6) is 0 Å². The molecule has 1 atom stereocenters. The summed E-state index contributed by atoms with van der Waals surface area (Å²) < 4.78 is 5.44. The van der Waals surface area contributed by atoms with Gasteiger partial charge in [-0.25, -0.2) is 0 Å². The fraction of sp³-hybridized carbons (Fsp3) is 0.308. The number of H-pyrrole nitrogens is 1. The van der Waals surface area contributed by atoms with Crippen LogP contribution in [-0.4, -0.2) is 60.0 Å². The molecule has 1 saturated heterocycles. The molecule has 0 spiro atoms. The van der Waals surface area contributed by atoms with Crippen LogP contribution in [0.3, 0.4) is 0 Å². The number of ether oxygens (including phenoxy) is 1. The Bertz CT molecular complexity index is 1240. The number of aromatic amines is 1. The smallest absolute Gasteiger partial charge is 0.151 e. The van der Waals surface area contributed by atoms with Crippen LogP contribution in [0.15, 0.2) is 60.8 Å². The second-order valence-electron chi connectivity index (χ2n) is 8.86. The highest BCUT2D eigenvalue weighted by Gasteiger charge is 2.25. The summed E-state index contributed by atoms with van der Waals surface area (Å²) in [6, 6.07) is 19.9. The third kappa shape index (κ3) is 3.55. The van der Waals surface area contributed by atoms with Gasteiger partial charge in [-0.3, -0.25) is 0 Å². The van der Waals surface area contributed by atoms with Gasteiger partial charge in [-0.1, -0.05) is 18.2 Å². The first-order valence-electron chi connectivity index (χ1n) is 11.3. The molecule has 4 aromatic rings. The molecule has 0 bridgehead atoms. The number of morpholine rings is 1. The first-order valence-corrected chi connectivity index (χ1v) is 11.3. The number of anilines is 1. The fourth-order valence-electron chi connectivity index (χ4n) is 5.02. The van der Waals surface area contributed by atoms with Crippen LogP contribution in [0.4, 0.5) is 5.82 Å². The Hall–Kier alpha value is -3.22. The highest BCUT2D eigenvalue weighted by Crippen LogP contribution is 2.36. The quantitative estimate of drug-likeness (QED) is 0.537. The summed E-state index contributed by atoms with van der Waals surface area (Å²) in [6.45, 7) is 5.21. The molecule has 6 nitrogen and oxygen atoms in total. The van der Waals surface area contributed by atoms with Crippen molar-refractivity contribution in [3.63, 3.8) is 0 Å². The molecule has 2 aliphatic rings. The normalized spacial score (nSPS) is 19.3.